The number of benzene rings is 2. The van der Waals surface area contributed by atoms with Gasteiger partial charge in [-0.1, -0.05) is 30.3 Å². The number of nitriles is 1. The Morgan fingerprint density at radius 3 is 1.79 bits per heavy atom. The highest BCUT2D eigenvalue weighted by Crippen LogP contribution is 2.43. The highest BCUT2D eigenvalue weighted by Gasteiger charge is 2.33. The Hall–Kier alpha value is -5.30. The second kappa shape index (κ2) is 8.36. The van der Waals surface area contributed by atoms with Crippen molar-refractivity contribution >= 4 is 5.71 Å². The molecule has 0 fully saturated rings. The van der Waals surface area contributed by atoms with Gasteiger partial charge in [-0.15, -0.1) is 0 Å². The average Bonchev–Trinajstić information content (AvgIpc) is 3.40. The lowest BCUT2D eigenvalue weighted by atomic mass is 10.00. The van der Waals surface area contributed by atoms with Crippen LogP contribution in [0.15, 0.2) is 65.7 Å². The van der Waals surface area contributed by atoms with E-state index < -0.39 is 23.8 Å². The summed E-state index contributed by atoms with van der Waals surface area (Å²) in [5, 5.41) is 9.41. The van der Waals surface area contributed by atoms with Crippen LogP contribution in [0.4, 0.5) is 17.6 Å². The molecular weight excluding hydrogens is 508 g/mol. The second-order valence-electron chi connectivity index (χ2n) is 9.09. The number of nitrogens with zero attached hydrogens (tertiary/aromatic N) is 6. The second-order valence-corrected chi connectivity index (χ2v) is 9.09. The molecule has 0 aliphatic heterocycles. The standard InChI is InChI=1S/C29H12F4N6/c30-22-8-15(9-23(31)37-22)13-1-3-18-17(5-13)7-21-26(18)39-29-27(35-12-34)20-6-14(2-4-19(20)28(29)36-21)16-10-24(32)38-25(33)11-16/h1-6,8-11H,7H2. The van der Waals surface area contributed by atoms with Crippen LogP contribution in [-0.2, 0) is 6.42 Å². The van der Waals surface area contributed by atoms with E-state index in [1.807, 2.05) is 18.3 Å². The fraction of sp³-hybridized carbons (Fsp3) is 0.0345. The molecule has 10 heteroatoms. The topological polar surface area (TPSA) is 87.7 Å². The van der Waals surface area contributed by atoms with E-state index in [1.165, 1.54) is 12.1 Å². The molecule has 186 valence electrons. The molecule has 3 aromatic heterocycles. The smallest absolute Gasteiger partial charge is 0.216 e. The highest BCUT2D eigenvalue weighted by molar-refractivity contribution is 6.23. The molecule has 0 unspecified atom stereocenters. The number of hydrogen-bond donors (Lipinski definition) is 0. The first-order chi connectivity index (χ1) is 18.9. The van der Waals surface area contributed by atoms with Gasteiger partial charge >= 0.3 is 0 Å². The lowest BCUT2D eigenvalue weighted by molar-refractivity contribution is 0.512. The minimum Gasteiger partial charge on any atom is -0.248 e. The zero-order valence-electron chi connectivity index (χ0n) is 19.7. The third kappa shape index (κ3) is 3.67. The van der Waals surface area contributed by atoms with Crippen molar-refractivity contribution in [1.82, 2.24) is 19.9 Å². The van der Waals surface area contributed by atoms with Crippen LogP contribution in [0.2, 0.25) is 0 Å². The molecule has 0 radical (unpaired) electrons. The molecule has 7 rings (SSSR count). The SMILES string of the molecule is N#CN=C1c2cc(-c3cc(F)nc(F)c3)ccc2-c2nc3c(nc21)-c1ccc(-c2cc(F)nc(F)c2)cc1C3. The molecule has 0 amide bonds. The van der Waals surface area contributed by atoms with Crippen LogP contribution in [-0.4, -0.2) is 25.6 Å². The molecule has 5 aromatic rings. The van der Waals surface area contributed by atoms with Crippen molar-refractivity contribution in [2.24, 2.45) is 4.99 Å². The molecule has 0 spiro atoms. The summed E-state index contributed by atoms with van der Waals surface area (Å²) in [5.41, 5.74) is 7.37. The van der Waals surface area contributed by atoms with Crippen LogP contribution < -0.4 is 0 Å². The first-order valence-corrected chi connectivity index (χ1v) is 11.7. The molecule has 0 atom stereocenters. The summed E-state index contributed by atoms with van der Waals surface area (Å²) >= 11 is 0. The average molecular weight is 520 g/mol. The summed E-state index contributed by atoms with van der Waals surface area (Å²) in [7, 11) is 0. The fourth-order valence-corrected chi connectivity index (χ4v) is 5.17. The lowest BCUT2D eigenvalue weighted by Crippen LogP contribution is -2.04. The molecule has 0 saturated carbocycles. The highest BCUT2D eigenvalue weighted by atomic mass is 19.1. The Kier molecular flexibility index (Phi) is 4.90. The summed E-state index contributed by atoms with van der Waals surface area (Å²) < 4.78 is 54.8. The van der Waals surface area contributed by atoms with E-state index in [-0.39, 0.29) is 5.56 Å². The largest absolute Gasteiger partial charge is 0.248 e. The Morgan fingerprint density at radius 2 is 1.18 bits per heavy atom. The molecule has 39 heavy (non-hydrogen) atoms. The van der Waals surface area contributed by atoms with E-state index in [0.29, 0.717) is 62.7 Å². The van der Waals surface area contributed by atoms with Gasteiger partial charge in [0, 0.05) is 47.4 Å². The van der Waals surface area contributed by atoms with Crippen LogP contribution in [0.25, 0.3) is 44.8 Å². The first-order valence-electron chi connectivity index (χ1n) is 11.7. The van der Waals surface area contributed by atoms with Gasteiger partial charge in [-0.25, -0.2) is 9.97 Å². The molecule has 3 heterocycles. The van der Waals surface area contributed by atoms with Crippen molar-refractivity contribution in [3.63, 3.8) is 0 Å². The number of aromatic nitrogens is 4. The van der Waals surface area contributed by atoms with Gasteiger partial charge < -0.3 is 0 Å². The third-order valence-electron chi connectivity index (χ3n) is 6.79. The molecule has 0 saturated heterocycles. The van der Waals surface area contributed by atoms with E-state index in [2.05, 4.69) is 15.0 Å². The predicted octanol–water partition coefficient (Wildman–Crippen LogP) is 6.03. The molecule has 2 aromatic carbocycles. The van der Waals surface area contributed by atoms with Crippen LogP contribution in [0.3, 0.4) is 0 Å². The fourth-order valence-electron chi connectivity index (χ4n) is 5.17. The Labute approximate surface area is 218 Å². The monoisotopic (exact) mass is 520 g/mol. The van der Waals surface area contributed by atoms with E-state index in [4.69, 9.17) is 9.97 Å². The molecule has 2 aliphatic rings. The van der Waals surface area contributed by atoms with Crippen molar-refractivity contribution in [1.29, 1.82) is 5.26 Å². The van der Waals surface area contributed by atoms with E-state index in [0.717, 1.165) is 23.3 Å². The van der Waals surface area contributed by atoms with Gasteiger partial charge in [0.1, 0.15) is 11.4 Å². The summed E-state index contributed by atoms with van der Waals surface area (Å²) in [6.07, 6.45) is 2.26. The van der Waals surface area contributed by atoms with Gasteiger partial charge in [0.2, 0.25) is 30.0 Å². The molecule has 2 aliphatic carbocycles. The maximum absolute atomic E-state index is 13.7. The van der Waals surface area contributed by atoms with Gasteiger partial charge in [0.15, 0.2) is 0 Å². The number of rotatable bonds is 2. The van der Waals surface area contributed by atoms with Crippen molar-refractivity contribution in [3.8, 4) is 51.0 Å². The first kappa shape index (κ1) is 22.9. The van der Waals surface area contributed by atoms with Crippen molar-refractivity contribution < 1.29 is 17.6 Å². The van der Waals surface area contributed by atoms with Crippen molar-refractivity contribution in [2.75, 3.05) is 0 Å². The number of fused-ring (bicyclic) bond motifs is 6. The van der Waals surface area contributed by atoms with Crippen LogP contribution >= 0.6 is 0 Å². The number of halogens is 4. The Balaban J connectivity index is 1.32. The predicted molar refractivity (Wildman–Crippen MR) is 133 cm³/mol. The van der Waals surface area contributed by atoms with Crippen LogP contribution in [0.1, 0.15) is 22.5 Å². The van der Waals surface area contributed by atoms with Gasteiger partial charge in [0.25, 0.3) is 0 Å². The summed E-state index contributed by atoms with van der Waals surface area (Å²) in [5.74, 6) is -3.70. The minimum absolute atomic E-state index is 0.289. The summed E-state index contributed by atoms with van der Waals surface area (Å²) in [6.45, 7) is 0. The number of aliphatic imine (C=N–C) groups is 1. The normalized spacial score (nSPS) is 13.6. The van der Waals surface area contributed by atoms with E-state index in [9.17, 15) is 22.8 Å². The summed E-state index contributed by atoms with van der Waals surface area (Å²) in [4.78, 5) is 20.0. The Bertz CT molecular complexity index is 1920. The maximum atomic E-state index is 13.7. The van der Waals surface area contributed by atoms with Crippen LogP contribution in [0, 0.1) is 35.2 Å². The zero-order valence-corrected chi connectivity index (χ0v) is 19.7. The molecular formula is C29H12F4N6. The molecule has 0 N–H and O–H groups in total. The van der Waals surface area contributed by atoms with Crippen molar-refractivity contribution in [2.45, 2.75) is 6.42 Å². The van der Waals surface area contributed by atoms with E-state index >= 15 is 0 Å². The molecule has 0 bridgehead atoms. The maximum Gasteiger partial charge on any atom is 0.216 e. The van der Waals surface area contributed by atoms with Gasteiger partial charge in [-0.05, 0) is 33.9 Å². The quantitative estimate of drug-likeness (QED) is 0.158. The van der Waals surface area contributed by atoms with Gasteiger partial charge in [-0.3, -0.25) is 0 Å². The summed E-state index contributed by atoms with van der Waals surface area (Å²) in [6, 6.07) is 15.2. The third-order valence-corrected chi connectivity index (χ3v) is 6.79. The number of hydrogen-bond acceptors (Lipinski definition) is 6. The Morgan fingerprint density at radius 1 is 0.590 bits per heavy atom. The van der Waals surface area contributed by atoms with Gasteiger partial charge in [-0.2, -0.15) is 37.8 Å². The minimum atomic E-state index is -0.944. The van der Waals surface area contributed by atoms with Crippen LogP contribution in [0.5, 0.6) is 0 Å². The zero-order chi connectivity index (χ0) is 26.8. The van der Waals surface area contributed by atoms with Crippen molar-refractivity contribution in [3.05, 3.63) is 107 Å². The van der Waals surface area contributed by atoms with Gasteiger partial charge in [0.05, 0.1) is 17.1 Å². The lowest BCUT2D eigenvalue weighted by Gasteiger charge is -2.06. The molecule has 6 nitrogen and oxygen atoms in total. The number of pyridine rings is 2. The van der Waals surface area contributed by atoms with E-state index in [1.54, 1.807) is 24.3 Å².